The summed E-state index contributed by atoms with van der Waals surface area (Å²) >= 11 is 2.26. The van der Waals surface area contributed by atoms with E-state index in [0.717, 1.165) is 22.6 Å². The molecule has 0 fully saturated rings. The van der Waals surface area contributed by atoms with Gasteiger partial charge < -0.3 is 19.9 Å². The number of hydrogen-bond acceptors (Lipinski definition) is 9. The van der Waals surface area contributed by atoms with Gasteiger partial charge in [0.25, 0.3) is 5.91 Å². The zero-order valence-corrected chi connectivity index (χ0v) is 23.3. The summed E-state index contributed by atoms with van der Waals surface area (Å²) in [6, 6.07) is 7.94. The molecule has 2 heterocycles. The number of thiophene rings is 1. The Kier molecular flexibility index (Phi) is 9.11. The summed E-state index contributed by atoms with van der Waals surface area (Å²) < 4.78 is 6.77. The third kappa shape index (κ3) is 6.20. The van der Waals surface area contributed by atoms with E-state index in [9.17, 15) is 14.4 Å². The molecular weight excluding hydrogens is 512 g/mol. The molecule has 0 aliphatic heterocycles. The van der Waals surface area contributed by atoms with E-state index in [1.54, 1.807) is 27.1 Å². The molecule has 0 aliphatic rings. The van der Waals surface area contributed by atoms with Crippen LogP contribution in [0.1, 0.15) is 25.6 Å². The Morgan fingerprint density at radius 3 is 2.41 bits per heavy atom. The van der Waals surface area contributed by atoms with Gasteiger partial charge in [0.15, 0.2) is 11.0 Å². The van der Waals surface area contributed by atoms with E-state index in [0.29, 0.717) is 28.0 Å². The second kappa shape index (κ2) is 12.1. The third-order valence-corrected chi connectivity index (χ3v) is 7.55. The molecule has 0 bridgehead atoms. The number of ether oxygens (including phenoxy) is 1. The topological polar surface area (TPSA) is 110 Å². The van der Waals surface area contributed by atoms with Gasteiger partial charge in [0.1, 0.15) is 5.00 Å². The molecule has 10 nitrogen and oxygen atoms in total. The molecule has 1 aromatic carbocycles. The molecule has 0 saturated carbocycles. The van der Waals surface area contributed by atoms with Crippen LogP contribution in [-0.4, -0.2) is 78.5 Å². The lowest BCUT2D eigenvalue weighted by Crippen LogP contribution is -2.21. The number of allylic oxidation sites excluding steroid dienone is 1. The van der Waals surface area contributed by atoms with E-state index >= 15 is 0 Å². The second-order valence-corrected chi connectivity index (χ2v) is 10.4. The van der Waals surface area contributed by atoms with Gasteiger partial charge in [-0.05, 0) is 36.8 Å². The quantitative estimate of drug-likeness (QED) is 0.234. The fourth-order valence-electron chi connectivity index (χ4n) is 3.46. The Hall–Kier alpha value is -3.64. The van der Waals surface area contributed by atoms with Gasteiger partial charge in [0.05, 0.1) is 23.3 Å². The number of esters is 1. The number of carbonyl (C=O) groups excluding carboxylic acids is 3. The summed E-state index contributed by atoms with van der Waals surface area (Å²) in [7, 11) is 8.45. The van der Waals surface area contributed by atoms with Crippen LogP contribution in [0.3, 0.4) is 0 Å². The maximum Gasteiger partial charge on any atom is 0.341 e. The van der Waals surface area contributed by atoms with Crippen molar-refractivity contribution in [3.05, 3.63) is 52.9 Å². The maximum atomic E-state index is 12.9. The average Bonchev–Trinajstić information content (AvgIpc) is 3.42. The van der Waals surface area contributed by atoms with Crippen LogP contribution in [-0.2, 0) is 16.1 Å². The molecule has 0 unspecified atom stereocenters. The molecule has 0 atom stereocenters. The van der Waals surface area contributed by atoms with Crippen molar-refractivity contribution in [1.82, 2.24) is 19.7 Å². The Labute approximate surface area is 224 Å². The van der Waals surface area contributed by atoms with Crippen molar-refractivity contribution in [3.8, 4) is 11.4 Å². The van der Waals surface area contributed by atoms with E-state index in [1.165, 1.54) is 23.8 Å². The molecule has 2 amide bonds. The smallest absolute Gasteiger partial charge is 0.341 e. The first-order valence-corrected chi connectivity index (χ1v) is 13.1. The molecule has 0 saturated heterocycles. The van der Waals surface area contributed by atoms with Crippen LogP contribution < -0.4 is 10.2 Å². The number of hydrogen-bond donors (Lipinski definition) is 1. The fraction of sp³-hybridized carbons (Fsp3) is 0.320. The van der Waals surface area contributed by atoms with Crippen molar-refractivity contribution in [2.75, 3.05) is 51.3 Å². The number of rotatable bonds is 10. The van der Waals surface area contributed by atoms with Crippen LogP contribution in [0.5, 0.6) is 0 Å². The van der Waals surface area contributed by atoms with Crippen LogP contribution in [0.15, 0.2) is 42.1 Å². The number of aromatic nitrogens is 3. The van der Waals surface area contributed by atoms with Crippen LogP contribution in [0, 0.1) is 6.92 Å². The summed E-state index contributed by atoms with van der Waals surface area (Å²) in [5.41, 5.74) is 2.60. The highest BCUT2D eigenvalue weighted by molar-refractivity contribution is 7.99. The Morgan fingerprint density at radius 2 is 1.84 bits per heavy atom. The molecule has 3 rings (SSSR count). The number of benzene rings is 1. The summed E-state index contributed by atoms with van der Waals surface area (Å²) in [5, 5.41) is 12.2. The lowest BCUT2D eigenvalue weighted by Gasteiger charge is -2.13. The summed E-state index contributed by atoms with van der Waals surface area (Å²) in [5.74, 6) is -0.549. The Morgan fingerprint density at radius 1 is 1.16 bits per heavy atom. The van der Waals surface area contributed by atoms with Gasteiger partial charge in [-0.1, -0.05) is 17.8 Å². The molecule has 196 valence electrons. The molecule has 1 N–H and O–H groups in total. The first-order valence-electron chi connectivity index (χ1n) is 11.3. The van der Waals surface area contributed by atoms with Gasteiger partial charge in [-0.25, -0.2) is 4.79 Å². The fourth-order valence-corrected chi connectivity index (χ4v) is 5.44. The van der Waals surface area contributed by atoms with Crippen LogP contribution in [0.2, 0.25) is 0 Å². The third-order valence-electron chi connectivity index (χ3n) is 5.39. The molecule has 0 radical (unpaired) electrons. The Balaban J connectivity index is 1.80. The minimum absolute atomic E-state index is 0.0172. The van der Waals surface area contributed by atoms with Gasteiger partial charge in [0.2, 0.25) is 5.91 Å². The first kappa shape index (κ1) is 27.9. The normalized spacial score (nSPS) is 10.6. The number of thioether (sulfide) groups is 1. The zero-order chi connectivity index (χ0) is 27.3. The van der Waals surface area contributed by atoms with Crippen molar-refractivity contribution in [2.24, 2.45) is 0 Å². The predicted molar refractivity (Wildman–Crippen MR) is 148 cm³/mol. The first-order chi connectivity index (χ1) is 17.6. The van der Waals surface area contributed by atoms with Gasteiger partial charge in [0, 0.05) is 46.0 Å². The molecule has 3 aromatic rings. The summed E-state index contributed by atoms with van der Waals surface area (Å²) in [6.45, 7) is 5.95. The monoisotopic (exact) mass is 542 g/mol. The molecule has 2 aromatic heterocycles. The van der Waals surface area contributed by atoms with Crippen molar-refractivity contribution >= 4 is 51.6 Å². The van der Waals surface area contributed by atoms with Crippen molar-refractivity contribution < 1.29 is 19.1 Å². The minimum atomic E-state index is -0.620. The highest BCUT2D eigenvalue weighted by atomic mass is 32.2. The van der Waals surface area contributed by atoms with Crippen molar-refractivity contribution in [3.63, 3.8) is 0 Å². The van der Waals surface area contributed by atoms with Crippen LogP contribution >= 0.6 is 23.1 Å². The minimum Gasteiger partial charge on any atom is -0.465 e. The molecule has 0 aliphatic carbocycles. The molecule has 0 spiro atoms. The predicted octanol–water partition coefficient (Wildman–Crippen LogP) is 3.79. The maximum absolute atomic E-state index is 12.9. The molecular formula is C25H30N6O4S2. The summed E-state index contributed by atoms with van der Waals surface area (Å²) in [6.07, 6.45) is 1.74. The van der Waals surface area contributed by atoms with Crippen LogP contribution in [0.4, 0.5) is 10.7 Å². The van der Waals surface area contributed by atoms with E-state index in [-0.39, 0.29) is 28.1 Å². The average molecular weight is 543 g/mol. The number of methoxy groups -OCH3 is 1. The lowest BCUT2D eigenvalue weighted by atomic mass is 10.1. The summed E-state index contributed by atoms with van der Waals surface area (Å²) in [4.78, 5) is 41.6. The van der Waals surface area contributed by atoms with E-state index in [1.807, 2.05) is 47.8 Å². The number of amides is 2. The standard InChI is InChI=1S/C25H30N6O4S2/c1-8-13-31-21(16-9-11-17(12-10-16)29(3)4)27-28-25(31)36-14-18(32)26-22-19(24(34)35-7)15(2)20(37-22)23(33)30(5)6/h8-12H,1,13-14H2,2-7H3,(H,26,32). The van der Waals surface area contributed by atoms with Gasteiger partial charge in [-0.3, -0.25) is 14.2 Å². The van der Waals surface area contributed by atoms with E-state index in [2.05, 4.69) is 22.1 Å². The highest BCUT2D eigenvalue weighted by Crippen LogP contribution is 2.34. The highest BCUT2D eigenvalue weighted by Gasteiger charge is 2.27. The van der Waals surface area contributed by atoms with Crippen LogP contribution in [0.25, 0.3) is 11.4 Å². The second-order valence-electron chi connectivity index (χ2n) is 8.44. The molecule has 12 heteroatoms. The zero-order valence-electron chi connectivity index (χ0n) is 21.7. The Bertz CT molecular complexity index is 1310. The molecule has 37 heavy (non-hydrogen) atoms. The van der Waals surface area contributed by atoms with E-state index < -0.39 is 5.97 Å². The largest absolute Gasteiger partial charge is 0.465 e. The number of nitrogens with one attached hydrogen (secondary N) is 1. The lowest BCUT2D eigenvalue weighted by molar-refractivity contribution is -0.113. The number of nitrogens with zero attached hydrogens (tertiary/aromatic N) is 5. The number of carbonyl (C=O) groups is 3. The van der Waals surface area contributed by atoms with Crippen molar-refractivity contribution in [2.45, 2.75) is 18.6 Å². The SMILES string of the molecule is C=CCn1c(SCC(=O)Nc2sc(C(=O)N(C)C)c(C)c2C(=O)OC)nnc1-c1ccc(N(C)C)cc1. The van der Waals surface area contributed by atoms with Gasteiger partial charge in [-0.15, -0.1) is 28.1 Å². The van der Waals surface area contributed by atoms with Gasteiger partial charge >= 0.3 is 5.97 Å². The van der Waals surface area contributed by atoms with Gasteiger partial charge in [-0.2, -0.15) is 0 Å². The van der Waals surface area contributed by atoms with Crippen molar-refractivity contribution in [1.29, 1.82) is 0 Å². The van der Waals surface area contributed by atoms with E-state index in [4.69, 9.17) is 4.74 Å². The number of anilines is 2.